The molecule has 0 spiro atoms. The van der Waals surface area contributed by atoms with Crippen molar-refractivity contribution in [3.8, 4) is 22.6 Å². The number of ether oxygens (including phenoxy) is 1. The molecule has 0 saturated carbocycles. The van der Waals surface area contributed by atoms with Crippen LogP contribution in [0.1, 0.15) is 19.4 Å². The number of carbonyl (C=O) groups is 1. The number of amides is 1. The molecule has 1 atom stereocenters. The van der Waals surface area contributed by atoms with E-state index in [9.17, 15) is 9.59 Å². The maximum atomic E-state index is 13.4. The number of halogens is 2. The van der Waals surface area contributed by atoms with Crippen LogP contribution >= 0.6 is 23.2 Å². The largest absolute Gasteiger partial charge is 0.495 e. The summed E-state index contributed by atoms with van der Waals surface area (Å²) in [7, 11) is 3.21. The zero-order valence-electron chi connectivity index (χ0n) is 20.6. The zero-order valence-corrected chi connectivity index (χ0v) is 22.1. The van der Waals surface area contributed by atoms with E-state index < -0.39 is 11.6 Å². The zero-order chi connectivity index (χ0) is 27.0. The first-order valence-electron chi connectivity index (χ1n) is 11.6. The van der Waals surface area contributed by atoms with Gasteiger partial charge in [-0.1, -0.05) is 35.3 Å². The Kier molecular flexibility index (Phi) is 6.87. The Hall–Kier alpha value is -4.22. The molecule has 38 heavy (non-hydrogen) atoms. The molecule has 1 amide bonds. The van der Waals surface area contributed by atoms with E-state index in [4.69, 9.17) is 27.9 Å². The van der Waals surface area contributed by atoms with Crippen LogP contribution in [0.4, 0.5) is 5.69 Å². The third-order valence-electron chi connectivity index (χ3n) is 6.00. The number of nitrogens with zero attached hydrogens (tertiary/aromatic N) is 7. The number of anilines is 1. The normalized spacial score (nSPS) is 12.0. The molecule has 0 aliphatic carbocycles. The summed E-state index contributed by atoms with van der Waals surface area (Å²) >= 11 is 12.3. The van der Waals surface area contributed by atoms with Crippen molar-refractivity contribution in [2.75, 3.05) is 12.4 Å². The van der Waals surface area contributed by atoms with E-state index in [2.05, 4.69) is 25.8 Å². The minimum Gasteiger partial charge on any atom is -0.495 e. The lowest BCUT2D eigenvalue weighted by atomic mass is 10.0. The SMILES string of the molecule is CCC(C(=O)Nc1ccc2nn(C)nc2c1)n1cc(OC)c(-c2cc(Cl)ccc2-n2cc(Cl)nn2)cc1=O. The highest BCUT2D eigenvalue weighted by Gasteiger charge is 2.23. The Morgan fingerprint density at radius 1 is 1.05 bits per heavy atom. The molecular formula is C25H22Cl2N8O3. The number of methoxy groups -OCH3 is 1. The number of carbonyl (C=O) groups excluding carboxylic acids is 1. The van der Waals surface area contributed by atoms with Gasteiger partial charge < -0.3 is 10.1 Å². The fourth-order valence-electron chi connectivity index (χ4n) is 4.26. The molecule has 5 rings (SSSR count). The van der Waals surface area contributed by atoms with Gasteiger partial charge in [-0.15, -0.1) is 5.10 Å². The molecule has 0 fully saturated rings. The minimum atomic E-state index is -0.795. The first-order valence-corrected chi connectivity index (χ1v) is 12.3. The predicted molar refractivity (Wildman–Crippen MR) is 144 cm³/mol. The van der Waals surface area contributed by atoms with Crippen molar-refractivity contribution in [1.29, 1.82) is 0 Å². The van der Waals surface area contributed by atoms with Gasteiger partial charge >= 0.3 is 0 Å². The lowest BCUT2D eigenvalue weighted by Gasteiger charge is -2.20. The Labute approximate surface area is 226 Å². The van der Waals surface area contributed by atoms with Crippen molar-refractivity contribution >= 4 is 45.8 Å². The lowest BCUT2D eigenvalue weighted by molar-refractivity contribution is -0.119. The highest BCUT2D eigenvalue weighted by molar-refractivity contribution is 6.31. The predicted octanol–water partition coefficient (Wildman–Crippen LogP) is 4.28. The number of hydrogen-bond donors (Lipinski definition) is 1. The van der Waals surface area contributed by atoms with E-state index in [1.54, 1.807) is 43.4 Å². The van der Waals surface area contributed by atoms with Gasteiger partial charge in [0.1, 0.15) is 22.8 Å². The van der Waals surface area contributed by atoms with Gasteiger partial charge in [0.15, 0.2) is 5.15 Å². The molecule has 11 nitrogen and oxygen atoms in total. The fourth-order valence-corrected chi connectivity index (χ4v) is 4.56. The number of rotatable bonds is 7. The van der Waals surface area contributed by atoms with Crippen LogP contribution in [-0.2, 0) is 11.8 Å². The van der Waals surface area contributed by atoms with E-state index in [1.165, 1.54) is 39.6 Å². The second kappa shape index (κ2) is 10.3. The van der Waals surface area contributed by atoms with Crippen LogP contribution in [0.25, 0.3) is 27.8 Å². The van der Waals surface area contributed by atoms with Gasteiger partial charge in [-0.25, -0.2) is 4.68 Å². The van der Waals surface area contributed by atoms with E-state index in [0.717, 1.165) is 0 Å². The molecule has 0 saturated heterocycles. The summed E-state index contributed by atoms with van der Waals surface area (Å²) in [5, 5.41) is 19.9. The number of fused-ring (bicyclic) bond motifs is 1. The summed E-state index contributed by atoms with van der Waals surface area (Å²) in [6.07, 6.45) is 3.43. The van der Waals surface area contributed by atoms with Gasteiger partial charge in [0.25, 0.3) is 5.56 Å². The van der Waals surface area contributed by atoms with Crippen LogP contribution in [0.5, 0.6) is 5.75 Å². The number of benzene rings is 2. The third-order valence-corrected chi connectivity index (χ3v) is 6.41. The molecule has 194 valence electrons. The number of hydrogen-bond acceptors (Lipinski definition) is 7. The van der Waals surface area contributed by atoms with Crippen molar-refractivity contribution in [3.05, 3.63) is 75.4 Å². The van der Waals surface area contributed by atoms with Crippen molar-refractivity contribution < 1.29 is 9.53 Å². The summed E-state index contributed by atoms with van der Waals surface area (Å²) in [5.74, 6) is 0.0138. The summed E-state index contributed by atoms with van der Waals surface area (Å²) in [4.78, 5) is 28.1. The van der Waals surface area contributed by atoms with Crippen molar-refractivity contribution in [2.45, 2.75) is 19.4 Å². The standard InChI is InChI=1S/C25H22Cl2N8O3/c1-4-20(25(37)28-15-6-7-18-19(10-15)31-33(2)30-18)34-12-22(38-3)17(11-24(34)36)16-9-14(26)5-8-21(16)35-13-23(27)29-32-35/h5-13,20H,4H2,1-3H3,(H,28,37). The second-order valence-corrected chi connectivity index (χ2v) is 9.28. The summed E-state index contributed by atoms with van der Waals surface area (Å²) < 4.78 is 8.49. The Bertz CT molecular complexity index is 1730. The molecule has 1 unspecified atom stereocenters. The number of pyridine rings is 1. The Morgan fingerprint density at radius 2 is 1.84 bits per heavy atom. The van der Waals surface area contributed by atoms with E-state index >= 15 is 0 Å². The quantitative estimate of drug-likeness (QED) is 0.319. The van der Waals surface area contributed by atoms with Crippen LogP contribution in [0, 0.1) is 0 Å². The average Bonchev–Trinajstić information content (AvgIpc) is 3.49. The maximum absolute atomic E-state index is 13.4. The van der Waals surface area contributed by atoms with Crippen molar-refractivity contribution in [3.63, 3.8) is 0 Å². The van der Waals surface area contributed by atoms with Crippen LogP contribution in [0.3, 0.4) is 0 Å². The molecule has 0 aliphatic heterocycles. The number of nitrogens with one attached hydrogen (secondary N) is 1. The van der Waals surface area contributed by atoms with Crippen molar-refractivity contribution in [1.82, 2.24) is 34.6 Å². The van der Waals surface area contributed by atoms with Crippen LogP contribution in [0.15, 0.2) is 59.7 Å². The van der Waals surface area contributed by atoms with E-state index in [0.29, 0.717) is 50.7 Å². The Morgan fingerprint density at radius 3 is 2.55 bits per heavy atom. The Balaban J connectivity index is 1.52. The second-order valence-electron chi connectivity index (χ2n) is 8.45. The molecule has 0 radical (unpaired) electrons. The first-order chi connectivity index (χ1) is 18.3. The van der Waals surface area contributed by atoms with Crippen molar-refractivity contribution in [2.24, 2.45) is 7.05 Å². The van der Waals surface area contributed by atoms with E-state index in [-0.39, 0.29) is 11.1 Å². The molecule has 0 aliphatic rings. The average molecular weight is 553 g/mol. The van der Waals surface area contributed by atoms with Crippen LogP contribution in [0.2, 0.25) is 10.2 Å². The third kappa shape index (κ3) is 4.85. The summed E-state index contributed by atoms with van der Waals surface area (Å²) in [5.41, 5.74) is 3.16. The highest BCUT2D eigenvalue weighted by Crippen LogP contribution is 2.35. The van der Waals surface area contributed by atoms with Gasteiger partial charge in [-0.3, -0.25) is 14.2 Å². The summed E-state index contributed by atoms with van der Waals surface area (Å²) in [6, 6.07) is 11.0. The molecular weight excluding hydrogens is 531 g/mol. The number of aromatic nitrogens is 7. The molecule has 13 heteroatoms. The monoisotopic (exact) mass is 552 g/mol. The van der Waals surface area contributed by atoms with Gasteiger partial charge in [-0.2, -0.15) is 15.0 Å². The number of aryl methyl sites for hydroxylation is 1. The molecule has 5 aromatic rings. The van der Waals surface area contributed by atoms with Gasteiger partial charge in [0, 0.05) is 35.0 Å². The molecule has 2 aromatic carbocycles. The fraction of sp³-hybridized carbons (Fsp3) is 0.200. The van der Waals surface area contributed by atoms with Gasteiger partial charge in [-0.05, 0) is 42.8 Å². The minimum absolute atomic E-state index is 0.212. The van der Waals surface area contributed by atoms with Crippen LogP contribution < -0.4 is 15.6 Å². The van der Waals surface area contributed by atoms with Gasteiger partial charge in [0.05, 0.1) is 25.2 Å². The van der Waals surface area contributed by atoms with E-state index in [1.807, 2.05) is 6.92 Å². The van der Waals surface area contributed by atoms with Crippen LogP contribution in [-0.4, -0.2) is 47.6 Å². The molecule has 3 aromatic heterocycles. The smallest absolute Gasteiger partial charge is 0.252 e. The molecule has 1 N–H and O–H groups in total. The molecule has 3 heterocycles. The first kappa shape index (κ1) is 25.4. The lowest BCUT2D eigenvalue weighted by Crippen LogP contribution is -2.32. The van der Waals surface area contributed by atoms with Gasteiger partial charge in [0.2, 0.25) is 5.91 Å². The molecule has 0 bridgehead atoms. The maximum Gasteiger partial charge on any atom is 0.252 e. The summed E-state index contributed by atoms with van der Waals surface area (Å²) in [6.45, 7) is 1.83. The highest BCUT2D eigenvalue weighted by atomic mass is 35.5. The topological polar surface area (TPSA) is 122 Å².